The third kappa shape index (κ3) is 5.09. The lowest BCUT2D eigenvalue weighted by molar-refractivity contribution is 0.494. The van der Waals surface area contributed by atoms with E-state index in [4.69, 9.17) is 4.42 Å². The quantitative estimate of drug-likeness (QED) is 0.488. The number of nitrogens with one attached hydrogen (secondary N) is 1. The first-order valence-electron chi connectivity index (χ1n) is 7.53. The number of aromatic nitrogens is 4. The van der Waals surface area contributed by atoms with Gasteiger partial charge in [0.05, 0.1) is 6.54 Å². The molecule has 128 valence electrons. The van der Waals surface area contributed by atoms with Crippen molar-refractivity contribution in [1.82, 2.24) is 25.5 Å². The average Bonchev–Trinajstić information content (AvgIpc) is 3.21. The Morgan fingerprint density at radius 3 is 2.75 bits per heavy atom. The number of benzene rings is 1. The molecule has 0 aliphatic rings. The zero-order chi connectivity index (χ0) is 15.9. The number of furan rings is 1. The van der Waals surface area contributed by atoms with Gasteiger partial charge in [0.1, 0.15) is 11.5 Å². The van der Waals surface area contributed by atoms with E-state index >= 15 is 0 Å². The molecular weight excluding hydrogens is 346 g/mol. The lowest BCUT2D eigenvalue weighted by Gasteiger charge is -2.02. The number of halogens is 1. The number of hydrogen-bond acceptors (Lipinski definition) is 6. The summed E-state index contributed by atoms with van der Waals surface area (Å²) in [6.45, 7) is 1.67. The number of thioether (sulfide) groups is 1. The van der Waals surface area contributed by atoms with Crippen LogP contribution < -0.4 is 5.32 Å². The summed E-state index contributed by atoms with van der Waals surface area (Å²) in [4.78, 5) is 0. The van der Waals surface area contributed by atoms with Gasteiger partial charge < -0.3 is 9.73 Å². The molecule has 3 rings (SSSR count). The number of hydrogen-bond donors (Lipinski definition) is 1. The van der Waals surface area contributed by atoms with Crippen LogP contribution in [0, 0.1) is 0 Å². The topological polar surface area (TPSA) is 68.8 Å². The van der Waals surface area contributed by atoms with Crippen molar-refractivity contribution >= 4 is 24.2 Å². The van der Waals surface area contributed by atoms with Crippen molar-refractivity contribution in [2.24, 2.45) is 7.05 Å². The van der Waals surface area contributed by atoms with Gasteiger partial charge in [0.25, 0.3) is 0 Å². The fourth-order valence-corrected chi connectivity index (χ4v) is 2.94. The van der Waals surface area contributed by atoms with Crippen molar-refractivity contribution in [3.05, 3.63) is 48.2 Å². The molecule has 1 N–H and O–H groups in total. The maximum Gasteiger partial charge on any atom is 0.209 e. The Kier molecular flexibility index (Phi) is 7.30. The first kappa shape index (κ1) is 18.5. The fraction of sp³-hybridized carbons (Fsp3) is 0.312. The molecule has 0 saturated carbocycles. The highest BCUT2D eigenvalue weighted by Gasteiger charge is 2.04. The third-order valence-corrected chi connectivity index (χ3v) is 4.43. The van der Waals surface area contributed by atoms with Crippen LogP contribution in [0.15, 0.2) is 52.0 Å². The van der Waals surface area contributed by atoms with Gasteiger partial charge in [-0.2, -0.15) is 0 Å². The molecule has 2 aromatic heterocycles. The van der Waals surface area contributed by atoms with E-state index in [0.29, 0.717) is 0 Å². The molecule has 0 aliphatic heterocycles. The minimum Gasteiger partial charge on any atom is -0.460 e. The summed E-state index contributed by atoms with van der Waals surface area (Å²) < 4.78 is 7.54. The normalized spacial score (nSPS) is 10.5. The highest BCUT2D eigenvalue weighted by Crippen LogP contribution is 2.21. The summed E-state index contributed by atoms with van der Waals surface area (Å²) in [6, 6.07) is 14.2. The molecule has 24 heavy (non-hydrogen) atoms. The molecule has 6 nitrogen and oxygen atoms in total. The Hall–Kier alpha value is -1.83. The van der Waals surface area contributed by atoms with Gasteiger partial charge in [0.2, 0.25) is 5.16 Å². The van der Waals surface area contributed by atoms with Crippen molar-refractivity contribution in [1.29, 1.82) is 0 Å². The second-order valence-electron chi connectivity index (χ2n) is 5.10. The Morgan fingerprint density at radius 1 is 1.17 bits per heavy atom. The Bertz CT molecular complexity index is 731. The summed E-state index contributed by atoms with van der Waals surface area (Å²) in [5, 5.41) is 15.6. The van der Waals surface area contributed by atoms with Crippen molar-refractivity contribution in [3.63, 3.8) is 0 Å². The molecule has 8 heteroatoms. The highest BCUT2D eigenvalue weighted by molar-refractivity contribution is 7.99. The molecule has 2 heterocycles. The van der Waals surface area contributed by atoms with Crippen LogP contribution in [-0.4, -0.2) is 32.5 Å². The van der Waals surface area contributed by atoms with E-state index in [1.165, 1.54) is 0 Å². The first-order valence-corrected chi connectivity index (χ1v) is 8.51. The number of nitrogens with zero attached hydrogens (tertiary/aromatic N) is 4. The predicted molar refractivity (Wildman–Crippen MR) is 97.2 cm³/mol. The van der Waals surface area contributed by atoms with Gasteiger partial charge in [-0.25, -0.2) is 4.68 Å². The molecule has 0 saturated heterocycles. The van der Waals surface area contributed by atoms with Crippen LogP contribution in [0.5, 0.6) is 0 Å². The number of rotatable bonds is 8. The monoisotopic (exact) mass is 365 g/mol. The summed E-state index contributed by atoms with van der Waals surface area (Å²) in [6.07, 6.45) is 1.05. The summed E-state index contributed by atoms with van der Waals surface area (Å²) in [5.41, 5.74) is 1.10. The molecule has 0 aliphatic carbocycles. The van der Waals surface area contributed by atoms with E-state index < -0.39 is 0 Å². The van der Waals surface area contributed by atoms with E-state index in [-0.39, 0.29) is 12.4 Å². The number of tetrazole rings is 1. The van der Waals surface area contributed by atoms with Gasteiger partial charge in [-0.1, -0.05) is 42.1 Å². The fourth-order valence-electron chi connectivity index (χ4n) is 2.15. The Balaban J connectivity index is 0.00000208. The minimum atomic E-state index is 0. The van der Waals surface area contributed by atoms with E-state index in [1.807, 2.05) is 37.4 Å². The summed E-state index contributed by atoms with van der Waals surface area (Å²) in [5.74, 6) is 2.84. The minimum absolute atomic E-state index is 0. The molecule has 0 spiro atoms. The van der Waals surface area contributed by atoms with E-state index in [2.05, 4.69) is 33.0 Å². The predicted octanol–water partition coefficient (Wildman–Crippen LogP) is 3.16. The molecule has 0 unspecified atom stereocenters. The van der Waals surface area contributed by atoms with Gasteiger partial charge in [0.15, 0.2) is 0 Å². The molecular formula is C16H20ClN5OS. The lowest BCUT2D eigenvalue weighted by atomic mass is 10.2. The molecule has 1 aromatic carbocycles. The van der Waals surface area contributed by atoms with Crippen molar-refractivity contribution in [3.8, 4) is 11.3 Å². The van der Waals surface area contributed by atoms with E-state index in [1.54, 1.807) is 16.4 Å². The Labute approximate surface area is 151 Å². The van der Waals surface area contributed by atoms with Crippen LogP contribution in [0.1, 0.15) is 12.2 Å². The van der Waals surface area contributed by atoms with Crippen molar-refractivity contribution < 1.29 is 4.42 Å². The van der Waals surface area contributed by atoms with Crippen molar-refractivity contribution in [2.45, 2.75) is 18.1 Å². The molecule has 3 aromatic rings. The molecule has 0 fully saturated rings. The van der Waals surface area contributed by atoms with Gasteiger partial charge in [0, 0.05) is 18.4 Å². The average molecular weight is 366 g/mol. The zero-order valence-corrected chi connectivity index (χ0v) is 15.0. The van der Waals surface area contributed by atoms with Crippen molar-refractivity contribution in [2.75, 3.05) is 12.3 Å². The van der Waals surface area contributed by atoms with Gasteiger partial charge in [-0.05, 0) is 35.5 Å². The van der Waals surface area contributed by atoms with Gasteiger partial charge in [-0.15, -0.1) is 17.5 Å². The third-order valence-electron chi connectivity index (χ3n) is 3.33. The maximum atomic E-state index is 5.85. The van der Waals surface area contributed by atoms with Gasteiger partial charge in [-0.3, -0.25) is 0 Å². The highest BCUT2D eigenvalue weighted by atomic mass is 35.5. The first-order chi connectivity index (χ1) is 11.3. The molecule has 0 atom stereocenters. The van der Waals surface area contributed by atoms with Crippen LogP contribution >= 0.6 is 24.2 Å². The van der Waals surface area contributed by atoms with Crippen LogP contribution in [0.25, 0.3) is 11.3 Å². The van der Waals surface area contributed by atoms with Gasteiger partial charge >= 0.3 is 0 Å². The lowest BCUT2D eigenvalue weighted by Crippen LogP contribution is -2.14. The zero-order valence-electron chi connectivity index (χ0n) is 13.4. The van der Waals surface area contributed by atoms with Crippen LogP contribution in [0.2, 0.25) is 0 Å². The largest absolute Gasteiger partial charge is 0.460 e. The maximum absolute atomic E-state index is 5.85. The Morgan fingerprint density at radius 2 is 2.00 bits per heavy atom. The number of aryl methyl sites for hydroxylation is 1. The SMILES string of the molecule is Cl.Cn1nnnc1SCCCNCc1ccc(-c2ccccc2)o1. The van der Waals surface area contributed by atoms with Crippen LogP contribution in [0.3, 0.4) is 0 Å². The summed E-state index contributed by atoms with van der Waals surface area (Å²) in [7, 11) is 1.85. The van der Waals surface area contributed by atoms with Crippen LogP contribution in [-0.2, 0) is 13.6 Å². The van der Waals surface area contributed by atoms with E-state index in [0.717, 1.165) is 47.5 Å². The standard InChI is InChI=1S/C16H19N5OS.ClH/c1-21-16(18-19-20-21)23-11-5-10-17-12-14-8-9-15(22-14)13-6-3-2-4-7-13;/h2-4,6-9,17H,5,10-12H2,1H3;1H. The smallest absolute Gasteiger partial charge is 0.209 e. The molecule has 0 bridgehead atoms. The van der Waals surface area contributed by atoms with E-state index in [9.17, 15) is 0 Å². The molecule has 0 amide bonds. The second kappa shape index (κ2) is 9.46. The second-order valence-corrected chi connectivity index (χ2v) is 6.16. The molecule has 0 radical (unpaired) electrons. The summed E-state index contributed by atoms with van der Waals surface area (Å²) >= 11 is 1.66. The van der Waals surface area contributed by atoms with Crippen LogP contribution in [0.4, 0.5) is 0 Å².